The van der Waals surface area contributed by atoms with Crippen LogP contribution in [-0.2, 0) is 14.8 Å². The number of amides is 2. The van der Waals surface area contributed by atoms with E-state index in [-0.39, 0.29) is 35.7 Å². The highest BCUT2D eigenvalue weighted by molar-refractivity contribution is 7.89. The van der Waals surface area contributed by atoms with E-state index in [1.54, 1.807) is 12.1 Å². The van der Waals surface area contributed by atoms with Gasteiger partial charge in [0.05, 0.1) is 4.90 Å². The van der Waals surface area contributed by atoms with Crippen LogP contribution in [0, 0.1) is 0 Å². The minimum atomic E-state index is -4.01. The molecule has 4 rings (SSSR count). The fraction of sp³-hybridized carbons (Fsp3) is 0.391. The van der Waals surface area contributed by atoms with Gasteiger partial charge >= 0.3 is 0 Å². The van der Waals surface area contributed by atoms with E-state index in [2.05, 4.69) is 5.32 Å². The van der Waals surface area contributed by atoms with E-state index in [1.807, 2.05) is 30.3 Å². The van der Waals surface area contributed by atoms with Crippen LogP contribution < -0.4 is 5.32 Å². The molecule has 0 bridgehead atoms. The molecule has 1 aliphatic carbocycles. The van der Waals surface area contributed by atoms with Crippen molar-refractivity contribution in [3.63, 3.8) is 0 Å². The third-order valence-corrected chi connectivity index (χ3v) is 7.76. The second-order valence-electron chi connectivity index (χ2n) is 8.08. The third-order valence-electron chi connectivity index (χ3n) is 5.98. The molecule has 6 nitrogen and oxygen atoms in total. The van der Waals surface area contributed by atoms with Gasteiger partial charge in [-0.15, -0.1) is 0 Å². The molecule has 0 aromatic heterocycles. The lowest BCUT2D eigenvalue weighted by atomic mass is 9.95. The molecule has 1 atom stereocenters. The largest absolute Gasteiger partial charge is 0.349 e. The zero-order valence-electron chi connectivity index (χ0n) is 16.8. The summed E-state index contributed by atoms with van der Waals surface area (Å²) in [6.07, 6.45) is 5.44. The Morgan fingerprint density at radius 1 is 0.967 bits per heavy atom. The number of carbonyl (C=O) groups is 2. The van der Waals surface area contributed by atoms with Crippen molar-refractivity contribution in [1.29, 1.82) is 0 Å². The molecule has 2 aromatic carbocycles. The molecule has 1 heterocycles. The van der Waals surface area contributed by atoms with Crippen molar-refractivity contribution >= 4 is 21.8 Å². The van der Waals surface area contributed by atoms with Gasteiger partial charge in [0.15, 0.2) is 0 Å². The normalized spacial score (nSPS) is 20.3. The summed E-state index contributed by atoms with van der Waals surface area (Å²) in [6.45, 7) is 0.115. The molecule has 1 aliphatic heterocycles. The molecular formula is C23H26N2O4S. The van der Waals surface area contributed by atoms with E-state index in [0.717, 1.165) is 35.6 Å². The Morgan fingerprint density at radius 2 is 1.70 bits per heavy atom. The molecular weight excluding hydrogens is 400 g/mol. The van der Waals surface area contributed by atoms with Gasteiger partial charge in [-0.3, -0.25) is 9.59 Å². The molecule has 0 radical (unpaired) electrons. The Labute approximate surface area is 177 Å². The predicted octanol–water partition coefficient (Wildman–Crippen LogP) is 3.45. The molecule has 7 heteroatoms. The van der Waals surface area contributed by atoms with Gasteiger partial charge in [-0.2, -0.15) is 0 Å². The number of benzene rings is 2. The molecule has 1 saturated heterocycles. The van der Waals surface area contributed by atoms with Crippen LogP contribution in [-0.4, -0.2) is 37.1 Å². The van der Waals surface area contributed by atoms with E-state index in [9.17, 15) is 18.0 Å². The molecule has 2 amide bonds. The van der Waals surface area contributed by atoms with Crippen molar-refractivity contribution < 1.29 is 18.0 Å². The predicted molar refractivity (Wildman–Crippen MR) is 113 cm³/mol. The lowest BCUT2D eigenvalue weighted by Crippen LogP contribution is -2.36. The van der Waals surface area contributed by atoms with Crippen LogP contribution in [0.15, 0.2) is 59.5 Å². The average Bonchev–Trinajstić information content (AvgIpc) is 3.18. The van der Waals surface area contributed by atoms with Gasteiger partial charge in [0.2, 0.25) is 5.91 Å². The van der Waals surface area contributed by atoms with Gasteiger partial charge in [0.25, 0.3) is 15.9 Å². The number of hydrogen-bond acceptors (Lipinski definition) is 4. The smallest absolute Gasteiger partial charge is 0.266 e. The van der Waals surface area contributed by atoms with E-state index >= 15 is 0 Å². The van der Waals surface area contributed by atoms with Gasteiger partial charge in [0, 0.05) is 30.5 Å². The molecule has 0 unspecified atom stereocenters. The molecule has 158 valence electrons. The lowest BCUT2D eigenvalue weighted by Gasteiger charge is -2.23. The first kappa shape index (κ1) is 20.6. The monoisotopic (exact) mass is 426 g/mol. The number of nitrogens with zero attached hydrogens (tertiary/aromatic N) is 1. The van der Waals surface area contributed by atoms with Crippen LogP contribution in [0.5, 0.6) is 0 Å². The zero-order chi connectivity index (χ0) is 21.1. The second-order valence-corrected chi connectivity index (χ2v) is 9.94. The molecule has 30 heavy (non-hydrogen) atoms. The van der Waals surface area contributed by atoms with Gasteiger partial charge in [0.1, 0.15) is 0 Å². The molecule has 1 saturated carbocycles. The third kappa shape index (κ3) is 4.26. The Morgan fingerprint density at radius 3 is 2.43 bits per heavy atom. The topological polar surface area (TPSA) is 83.6 Å². The molecule has 2 aromatic rings. The van der Waals surface area contributed by atoms with Crippen molar-refractivity contribution in [1.82, 2.24) is 9.62 Å². The van der Waals surface area contributed by atoms with Crippen LogP contribution in [0.2, 0.25) is 0 Å². The summed E-state index contributed by atoms with van der Waals surface area (Å²) in [6, 6.07) is 15.6. The number of sulfonamides is 1. The number of rotatable bonds is 5. The van der Waals surface area contributed by atoms with Crippen LogP contribution in [0.1, 0.15) is 60.4 Å². The highest BCUT2D eigenvalue weighted by atomic mass is 32.2. The highest BCUT2D eigenvalue weighted by Gasteiger charge is 2.39. The number of hydrogen-bond donors (Lipinski definition) is 1. The first-order valence-corrected chi connectivity index (χ1v) is 11.9. The maximum absolute atomic E-state index is 13.2. The van der Waals surface area contributed by atoms with Crippen LogP contribution >= 0.6 is 0 Å². The number of nitrogens with one attached hydrogen (secondary N) is 1. The summed E-state index contributed by atoms with van der Waals surface area (Å²) in [5.41, 5.74) is 1.25. The van der Waals surface area contributed by atoms with Crippen molar-refractivity contribution in [3.05, 3.63) is 65.7 Å². The minimum Gasteiger partial charge on any atom is -0.349 e. The summed E-state index contributed by atoms with van der Waals surface area (Å²) in [5.74, 6) is -0.846. The maximum Gasteiger partial charge on any atom is 0.266 e. The minimum absolute atomic E-state index is 0.0270. The fourth-order valence-electron chi connectivity index (χ4n) is 4.30. The molecule has 1 N–H and O–H groups in total. The standard InChI is InChI=1S/C23H26N2O4S/c26-22-15-19(17-8-3-1-4-9-17)16-25(22)30(28,29)21-13-7-10-18(14-21)23(27)24-20-11-5-2-6-12-20/h1,3-4,7-10,13-14,19-20H,2,5-6,11-12,15-16H2,(H,24,27)/t19-/m0/s1. The quantitative estimate of drug-likeness (QED) is 0.794. The first-order valence-electron chi connectivity index (χ1n) is 10.5. The summed E-state index contributed by atoms with van der Waals surface area (Å²) < 4.78 is 27.3. The van der Waals surface area contributed by atoms with E-state index in [4.69, 9.17) is 0 Å². The summed E-state index contributed by atoms with van der Waals surface area (Å²) in [4.78, 5) is 25.1. The maximum atomic E-state index is 13.2. The number of carbonyl (C=O) groups excluding carboxylic acids is 2. The Balaban J connectivity index is 1.52. The van der Waals surface area contributed by atoms with E-state index in [0.29, 0.717) is 5.56 Å². The Bertz CT molecular complexity index is 1030. The average molecular weight is 427 g/mol. The van der Waals surface area contributed by atoms with Crippen molar-refractivity contribution in [2.45, 2.75) is 55.4 Å². The lowest BCUT2D eigenvalue weighted by molar-refractivity contribution is -0.123. The van der Waals surface area contributed by atoms with Crippen molar-refractivity contribution in [2.75, 3.05) is 6.54 Å². The van der Waals surface area contributed by atoms with Gasteiger partial charge in [-0.1, -0.05) is 55.7 Å². The van der Waals surface area contributed by atoms with Crippen LogP contribution in [0.25, 0.3) is 0 Å². The first-order chi connectivity index (χ1) is 14.4. The Kier molecular flexibility index (Phi) is 5.90. The van der Waals surface area contributed by atoms with Crippen molar-refractivity contribution in [3.8, 4) is 0 Å². The van der Waals surface area contributed by atoms with Gasteiger partial charge < -0.3 is 5.32 Å². The molecule has 2 fully saturated rings. The SMILES string of the molecule is O=C(NC1CCCCC1)c1cccc(S(=O)(=O)N2C[C@@H](c3ccccc3)CC2=O)c1. The van der Waals surface area contributed by atoms with Gasteiger partial charge in [-0.25, -0.2) is 12.7 Å². The Hall–Kier alpha value is -2.67. The summed E-state index contributed by atoms with van der Waals surface area (Å²) in [7, 11) is -4.01. The van der Waals surface area contributed by atoms with Crippen molar-refractivity contribution in [2.24, 2.45) is 0 Å². The second kappa shape index (κ2) is 8.60. The van der Waals surface area contributed by atoms with Gasteiger partial charge in [-0.05, 0) is 36.6 Å². The molecule has 0 spiro atoms. The highest BCUT2D eigenvalue weighted by Crippen LogP contribution is 2.32. The fourth-order valence-corrected chi connectivity index (χ4v) is 5.80. The molecule has 2 aliphatic rings. The van der Waals surface area contributed by atoms with Crippen LogP contribution in [0.4, 0.5) is 0 Å². The van der Waals surface area contributed by atoms with Crippen LogP contribution in [0.3, 0.4) is 0 Å². The zero-order valence-corrected chi connectivity index (χ0v) is 17.6. The summed E-state index contributed by atoms with van der Waals surface area (Å²) >= 11 is 0. The summed E-state index contributed by atoms with van der Waals surface area (Å²) in [5, 5.41) is 3.01. The van der Waals surface area contributed by atoms with E-state index < -0.39 is 15.9 Å². The van der Waals surface area contributed by atoms with E-state index in [1.165, 1.54) is 18.6 Å².